The van der Waals surface area contributed by atoms with Crippen LogP contribution in [0, 0.1) is 0 Å². The first kappa shape index (κ1) is 21.1. The summed E-state index contributed by atoms with van der Waals surface area (Å²) in [5, 5.41) is 20.6. The number of carbonyl (C=O) groups excluding carboxylic acids is 2. The number of nitrogens with zero attached hydrogens (tertiary/aromatic N) is 2. The standard InChI is InChI=1S/C22H23BrN2O4/c1-24(2)12-3-13-25-19(14-6-10-17(26)11-7-14)18(21(28)22(25)29)20(27)15-4-8-16(23)9-5-15/h4-11,19,26-27H,3,12-13H2,1-2H3/b20-18-. The van der Waals surface area contributed by atoms with Crippen molar-refractivity contribution >= 4 is 33.4 Å². The Balaban J connectivity index is 2.07. The van der Waals surface area contributed by atoms with Gasteiger partial charge in [0.1, 0.15) is 11.5 Å². The van der Waals surface area contributed by atoms with Crippen molar-refractivity contribution in [3.05, 3.63) is 69.7 Å². The zero-order valence-electron chi connectivity index (χ0n) is 16.3. The number of halogens is 1. The molecule has 0 spiro atoms. The van der Waals surface area contributed by atoms with E-state index in [1.54, 1.807) is 36.4 Å². The van der Waals surface area contributed by atoms with Gasteiger partial charge in [0.25, 0.3) is 11.7 Å². The zero-order chi connectivity index (χ0) is 21.1. The molecule has 6 nitrogen and oxygen atoms in total. The smallest absolute Gasteiger partial charge is 0.295 e. The molecule has 1 atom stereocenters. The molecule has 0 bridgehead atoms. The van der Waals surface area contributed by atoms with Crippen LogP contribution in [-0.2, 0) is 9.59 Å². The van der Waals surface area contributed by atoms with Crippen LogP contribution < -0.4 is 0 Å². The van der Waals surface area contributed by atoms with Crippen LogP contribution in [0.5, 0.6) is 5.75 Å². The first-order chi connectivity index (χ1) is 13.8. The van der Waals surface area contributed by atoms with E-state index in [9.17, 15) is 19.8 Å². The monoisotopic (exact) mass is 458 g/mol. The van der Waals surface area contributed by atoms with Gasteiger partial charge in [-0.15, -0.1) is 0 Å². The average Bonchev–Trinajstić information content (AvgIpc) is 2.93. The number of phenols is 1. The first-order valence-corrected chi connectivity index (χ1v) is 10.1. The average molecular weight is 459 g/mol. The Morgan fingerprint density at radius 3 is 2.28 bits per heavy atom. The van der Waals surface area contributed by atoms with E-state index >= 15 is 0 Å². The number of aliphatic hydroxyl groups is 1. The summed E-state index contributed by atoms with van der Waals surface area (Å²) in [4.78, 5) is 29.2. The molecule has 3 rings (SSSR count). The second-order valence-electron chi connectivity index (χ2n) is 7.25. The number of aromatic hydroxyl groups is 1. The highest BCUT2D eigenvalue weighted by Crippen LogP contribution is 2.39. The van der Waals surface area contributed by atoms with E-state index in [1.807, 2.05) is 19.0 Å². The van der Waals surface area contributed by atoms with Crippen LogP contribution in [0.2, 0.25) is 0 Å². The van der Waals surface area contributed by atoms with Gasteiger partial charge >= 0.3 is 0 Å². The molecule has 0 aliphatic carbocycles. The molecule has 0 radical (unpaired) electrons. The fraction of sp³-hybridized carbons (Fsp3) is 0.273. The third-order valence-corrected chi connectivity index (χ3v) is 5.40. The van der Waals surface area contributed by atoms with Gasteiger partial charge in [-0.05, 0) is 56.9 Å². The van der Waals surface area contributed by atoms with Crippen molar-refractivity contribution < 1.29 is 19.8 Å². The molecular formula is C22H23BrN2O4. The molecule has 1 aliphatic heterocycles. The summed E-state index contributed by atoms with van der Waals surface area (Å²) in [6.07, 6.45) is 0.687. The number of hydrogen-bond acceptors (Lipinski definition) is 5. The highest BCUT2D eigenvalue weighted by molar-refractivity contribution is 9.10. The lowest BCUT2D eigenvalue weighted by Crippen LogP contribution is -2.32. The van der Waals surface area contributed by atoms with Crippen LogP contribution in [0.25, 0.3) is 5.76 Å². The lowest BCUT2D eigenvalue weighted by atomic mass is 9.95. The number of amides is 1. The zero-order valence-corrected chi connectivity index (χ0v) is 17.9. The number of phenolic OH excluding ortho intramolecular Hbond substituents is 1. The molecule has 7 heteroatoms. The first-order valence-electron chi connectivity index (χ1n) is 9.27. The maximum Gasteiger partial charge on any atom is 0.295 e. The van der Waals surface area contributed by atoms with Gasteiger partial charge in [0, 0.05) is 16.6 Å². The minimum absolute atomic E-state index is 0.0628. The minimum atomic E-state index is -0.707. The number of aliphatic hydroxyl groups excluding tert-OH is 1. The van der Waals surface area contributed by atoms with Gasteiger partial charge < -0.3 is 20.0 Å². The largest absolute Gasteiger partial charge is 0.508 e. The second kappa shape index (κ2) is 8.80. The summed E-state index contributed by atoms with van der Waals surface area (Å²) < 4.78 is 0.841. The molecule has 152 valence electrons. The highest BCUT2D eigenvalue weighted by Gasteiger charge is 2.45. The number of benzene rings is 2. The van der Waals surface area contributed by atoms with E-state index in [0.29, 0.717) is 24.1 Å². The van der Waals surface area contributed by atoms with Crippen LogP contribution in [0.15, 0.2) is 58.6 Å². The Morgan fingerprint density at radius 2 is 1.69 bits per heavy atom. The number of ketones is 1. The maximum absolute atomic E-state index is 12.9. The molecule has 1 unspecified atom stereocenters. The Hall–Kier alpha value is -2.64. The lowest BCUT2D eigenvalue weighted by Gasteiger charge is -2.26. The summed E-state index contributed by atoms with van der Waals surface area (Å²) in [6, 6.07) is 12.5. The maximum atomic E-state index is 12.9. The molecule has 2 N–H and O–H groups in total. The van der Waals surface area contributed by atoms with Crippen molar-refractivity contribution in [1.82, 2.24) is 9.80 Å². The van der Waals surface area contributed by atoms with Gasteiger partial charge in [-0.3, -0.25) is 9.59 Å². The molecule has 0 saturated carbocycles. The van der Waals surface area contributed by atoms with Crippen LogP contribution in [0.1, 0.15) is 23.6 Å². The SMILES string of the molecule is CN(C)CCCN1C(=O)C(=O)/C(=C(\O)c2ccc(Br)cc2)C1c1ccc(O)cc1. The number of Topliss-reactive ketones (excluding diaryl/α,β-unsaturated/α-hetero) is 1. The fourth-order valence-electron chi connectivity index (χ4n) is 3.43. The summed E-state index contributed by atoms with van der Waals surface area (Å²) in [6.45, 7) is 1.14. The number of hydrogen-bond donors (Lipinski definition) is 2. The van der Waals surface area contributed by atoms with Crippen molar-refractivity contribution in [2.24, 2.45) is 0 Å². The normalized spacial score (nSPS) is 18.6. The molecule has 2 aromatic carbocycles. The predicted molar refractivity (Wildman–Crippen MR) is 114 cm³/mol. The predicted octanol–water partition coefficient (Wildman–Crippen LogP) is 3.53. The third-order valence-electron chi connectivity index (χ3n) is 4.87. The minimum Gasteiger partial charge on any atom is -0.508 e. The second-order valence-corrected chi connectivity index (χ2v) is 8.16. The van der Waals surface area contributed by atoms with Crippen LogP contribution in [0.4, 0.5) is 0 Å². The van der Waals surface area contributed by atoms with Gasteiger partial charge in [0.15, 0.2) is 0 Å². The molecule has 1 amide bonds. The van der Waals surface area contributed by atoms with Crippen LogP contribution in [-0.4, -0.2) is 58.9 Å². The Bertz CT molecular complexity index is 936. The van der Waals surface area contributed by atoms with Crippen LogP contribution in [0.3, 0.4) is 0 Å². The molecule has 2 aromatic rings. The quantitative estimate of drug-likeness (QED) is 0.393. The lowest BCUT2D eigenvalue weighted by molar-refractivity contribution is -0.139. The molecular weight excluding hydrogens is 436 g/mol. The summed E-state index contributed by atoms with van der Waals surface area (Å²) in [5.74, 6) is -1.44. The van der Waals surface area contributed by atoms with E-state index in [-0.39, 0.29) is 17.1 Å². The third kappa shape index (κ3) is 4.52. The van der Waals surface area contributed by atoms with Gasteiger partial charge in [-0.25, -0.2) is 0 Å². The fourth-order valence-corrected chi connectivity index (χ4v) is 3.70. The highest BCUT2D eigenvalue weighted by atomic mass is 79.9. The molecule has 1 aliphatic rings. The van der Waals surface area contributed by atoms with Crippen LogP contribution >= 0.6 is 15.9 Å². The van der Waals surface area contributed by atoms with Crippen molar-refractivity contribution in [3.8, 4) is 5.75 Å². The van der Waals surface area contributed by atoms with Gasteiger partial charge in [0.05, 0.1) is 11.6 Å². The summed E-state index contributed by atoms with van der Waals surface area (Å²) in [5.41, 5.74) is 1.18. The van der Waals surface area contributed by atoms with E-state index in [2.05, 4.69) is 15.9 Å². The Kier molecular flexibility index (Phi) is 6.39. The van der Waals surface area contributed by atoms with Crippen molar-refractivity contribution in [1.29, 1.82) is 0 Å². The van der Waals surface area contributed by atoms with Crippen molar-refractivity contribution in [2.45, 2.75) is 12.5 Å². The van der Waals surface area contributed by atoms with Gasteiger partial charge in [0.2, 0.25) is 0 Å². The van der Waals surface area contributed by atoms with E-state index in [4.69, 9.17) is 0 Å². The Labute approximate surface area is 178 Å². The van der Waals surface area contributed by atoms with Gasteiger partial charge in [-0.2, -0.15) is 0 Å². The summed E-state index contributed by atoms with van der Waals surface area (Å²) in [7, 11) is 3.89. The van der Waals surface area contributed by atoms with Crippen molar-refractivity contribution in [2.75, 3.05) is 27.2 Å². The van der Waals surface area contributed by atoms with E-state index < -0.39 is 17.7 Å². The molecule has 1 heterocycles. The topological polar surface area (TPSA) is 81.1 Å². The molecule has 0 aromatic heterocycles. The number of rotatable bonds is 6. The molecule has 1 saturated heterocycles. The molecule has 29 heavy (non-hydrogen) atoms. The van der Waals surface area contributed by atoms with Crippen molar-refractivity contribution in [3.63, 3.8) is 0 Å². The van der Waals surface area contributed by atoms with E-state index in [0.717, 1.165) is 11.0 Å². The number of likely N-dealkylation sites (tertiary alicyclic amines) is 1. The van der Waals surface area contributed by atoms with E-state index in [1.165, 1.54) is 17.0 Å². The Morgan fingerprint density at radius 1 is 1.07 bits per heavy atom. The number of carbonyl (C=O) groups is 2. The molecule has 1 fully saturated rings. The summed E-state index contributed by atoms with van der Waals surface area (Å²) >= 11 is 3.35. The van der Waals surface area contributed by atoms with Gasteiger partial charge in [-0.1, -0.05) is 40.2 Å².